The highest BCUT2D eigenvalue weighted by molar-refractivity contribution is 9.10. The van der Waals surface area contributed by atoms with Gasteiger partial charge in [0.2, 0.25) is 0 Å². The number of anilines is 1. The van der Waals surface area contributed by atoms with E-state index >= 15 is 0 Å². The Morgan fingerprint density at radius 3 is 2.76 bits per heavy atom. The lowest BCUT2D eigenvalue weighted by Crippen LogP contribution is -2.07. The molecule has 0 aliphatic carbocycles. The van der Waals surface area contributed by atoms with E-state index in [2.05, 4.69) is 21.0 Å². The summed E-state index contributed by atoms with van der Waals surface area (Å²) >= 11 is 9.68. The van der Waals surface area contributed by atoms with Crippen LogP contribution in [-0.4, -0.2) is 14.0 Å². The lowest BCUT2D eigenvalue weighted by atomic mass is 10.3. The van der Waals surface area contributed by atoms with Crippen molar-refractivity contribution in [3.8, 4) is 0 Å². The third kappa shape index (κ3) is 3.49. The van der Waals surface area contributed by atoms with Crippen molar-refractivity contribution < 1.29 is 4.21 Å². The average Bonchev–Trinajstić information content (AvgIpc) is 2.77. The van der Waals surface area contributed by atoms with Crippen LogP contribution < -0.4 is 5.73 Å². The topological polar surface area (TPSA) is 60.9 Å². The molecule has 0 fully saturated rings. The zero-order valence-electron chi connectivity index (χ0n) is 11.9. The van der Waals surface area contributed by atoms with Crippen molar-refractivity contribution >= 4 is 44.0 Å². The number of halogens is 2. The number of aryl methyl sites for hydroxylation is 2. The summed E-state index contributed by atoms with van der Waals surface area (Å²) < 4.78 is 15.4. The molecule has 1 aromatic carbocycles. The summed E-state index contributed by atoms with van der Waals surface area (Å²) in [6.45, 7) is 4.79. The monoisotopic (exact) mass is 389 g/mol. The van der Waals surface area contributed by atoms with Gasteiger partial charge in [-0.3, -0.25) is 8.89 Å². The maximum atomic E-state index is 12.6. The molecule has 1 atom stereocenters. The van der Waals surface area contributed by atoms with Crippen LogP contribution in [0, 0.1) is 0 Å². The molecule has 0 amide bonds. The molecule has 1 heterocycles. The van der Waals surface area contributed by atoms with E-state index in [9.17, 15) is 4.21 Å². The molecule has 0 bridgehead atoms. The zero-order chi connectivity index (χ0) is 15.6. The molecule has 0 spiro atoms. The number of nitrogens with zero attached hydrogens (tertiary/aromatic N) is 2. The highest BCUT2D eigenvalue weighted by atomic mass is 79.9. The first-order chi connectivity index (χ1) is 9.97. The van der Waals surface area contributed by atoms with Gasteiger partial charge in [0.25, 0.3) is 0 Å². The Kier molecular flexibility index (Phi) is 5.46. The third-order valence-corrected chi connectivity index (χ3v) is 5.88. The molecular weight excluding hydrogens is 374 g/mol. The first kappa shape index (κ1) is 16.5. The Labute approximate surface area is 140 Å². The Balaban J connectivity index is 2.35. The largest absolute Gasteiger partial charge is 0.399 e. The van der Waals surface area contributed by atoms with Crippen LogP contribution in [0.4, 0.5) is 5.69 Å². The highest BCUT2D eigenvalue weighted by Gasteiger charge is 2.18. The van der Waals surface area contributed by atoms with Crippen LogP contribution in [0.25, 0.3) is 0 Å². The Hall–Kier alpha value is -0.850. The van der Waals surface area contributed by atoms with Crippen LogP contribution in [0.1, 0.15) is 25.2 Å². The second kappa shape index (κ2) is 6.94. The number of nitrogens with two attached hydrogens (primary N) is 1. The first-order valence-corrected chi connectivity index (χ1v) is 9.14. The standard InChI is InChI=1S/C14H17BrClN3OS/c1-3-11-14(15)12(19(4-2)18-11)8-21(20)13-7-9(17)5-6-10(13)16/h5-7H,3-4,8,17H2,1-2H3. The van der Waals surface area contributed by atoms with Crippen molar-refractivity contribution in [1.29, 1.82) is 0 Å². The van der Waals surface area contributed by atoms with E-state index in [1.54, 1.807) is 18.2 Å². The summed E-state index contributed by atoms with van der Waals surface area (Å²) in [5.41, 5.74) is 8.20. The number of hydrogen-bond donors (Lipinski definition) is 1. The Morgan fingerprint density at radius 2 is 2.14 bits per heavy atom. The molecule has 1 aromatic heterocycles. The minimum Gasteiger partial charge on any atom is -0.399 e. The van der Waals surface area contributed by atoms with Crippen LogP contribution in [-0.2, 0) is 29.5 Å². The fraction of sp³-hybridized carbons (Fsp3) is 0.357. The number of nitrogen functional groups attached to an aromatic ring is 1. The van der Waals surface area contributed by atoms with E-state index < -0.39 is 10.8 Å². The van der Waals surface area contributed by atoms with E-state index in [4.69, 9.17) is 17.3 Å². The summed E-state index contributed by atoms with van der Waals surface area (Å²) in [6, 6.07) is 5.04. The van der Waals surface area contributed by atoms with Crippen LogP contribution in [0.5, 0.6) is 0 Å². The van der Waals surface area contributed by atoms with Gasteiger partial charge in [-0.15, -0.1) is 0 Å². The molecule has 2 rings (SSSR count). The van der Waals surface area contributed by atoms with Crippen LogP contribution >= 0.6 is 27.5 Å². The molecule has 21 heavy (non-hydrogen) atoms. The van der Waals surface area contributed by atoms with Gasteiger partial charge in [0.1, 0.15) is 0 Å². The fourth-order valence-electron chi connectivity index (χ4n) is 2.05. The van der Waals surface area contributed by atoms with Gasteiger partial charge in [0.15, 0.2) is 0 Å². The molecule has 7 heteroatoms. The van der Waals surface area contributed by atoms with E-state index in [0.717, 1.165) is 28.8 Å². The van der Waals surface area contributed by atoms with Crippen LogP contribution in [0.3, 0.4) is 0 Å². The molecule has 114 valence electrons. The number of benzene rings is 1. The molecule has 0 saturated carbocycles. The fourth-order valence-corrected chi connectivity index (χ4v) is 4.57. The molecule has 0 saturated heterocycles. The number of aromatic nitrogens is 2. The van der Waals surface area contributed by atoms with Crippen molar-refractivity contribution in [1.82, 2.24) is 9.78 Å². The predicted octanol–water partition coefficient (Wildman–Crippen LogP) is 3.77. The van der Waals surface area contributed by atoms with Crippen LogP contribution in [0.2, 0.25) is 5.02 Å². The zero-order valence-corrected chi connectivity index (χ0v) is 15.1. The maximum Gasteiger partial charge on any atom is 0.0767 e. The maximum absolute atomic E-state index is 12.6. The second-order valence-electron chi connectivity index (χ2n) is 4.56. The minimum absolute atomic E-state index is 0.352. The highest BCUT2D eigenvalue weighted by Crippen LogP contribution is 2.28. The molecule has 2 N–H and O–H groups in total. The minimum atomic E-state index is -1.27. The van der Waals surface area contributed by atoms with Crippen molar-refractivity contribution in [3.05, 3.63) is 39.1 Å². The van der Waals surface area contributed by atoms with Crippen molar-refractivity contribution in [2.75, 3.05) is 5.73 Å². The van der Waals surface area contributed by atoms with E-state index in [1.807, 2.05) is 18.5 Å². The van der Waals surface area contributed by atoms with Crippen molar-refractivity contribution in [2.24, 2.45) is 0 Å². The van der Waals surface area contributed by atoms with Gasteiger partial charge in [-0.25, -0.2) is 0 Å². The van der Waals surface area contributed by atoms with E-state index in [1.165, 1.54) is 0 Å². The molecule has 0 aliphatic rings. The van der Waals surface area contributed by atoms with Gasteiger partial charge in [-0.1, -0.05) is 18.5 Å². The first-order valence-electron chi connectivity index (χ1n) is 6.65. The van der Waals surface area contributed by atoms with Crippen molar-refractivity contribution in [3.63, 3.8) is 0 Å². The number of rotatable bonds is 5. The van der Waals surface area contributed by atoms with Crippen molar-refractivity contribution in [2.45, 2.75) is 37.5 Å². The summed E-state index contributed by atoms with van der Waals surface area (Å²) in [5.74, 6) is 0.352. The smallest absolute Gasteiger partial charge is 0.0767 e. The van der Waals surface area contributed by atoms with Gasteiger partial charge in [-0.05, 0) is 47.5 Å². The SMILES string of the molecule is CCc1nn(CC)c(CS(=O)c2cc(N)ccc2Cl)c1Br. The van der Waals surface area contributed by atoms with Gasteiger partial charge in [-0.2, -0.15) is 5.10 Å². The lowest BCUT2D eigenvalue weighted by Gasteiger charge is -2.08. The average molecular weight is 391 g/mol. The summed E-state index contributed by atoms with van der Waals surface area (Å²) in [4.78, 5) is 0.561. The predicted molar refractivity (Wildman–Crippen MR) is 91.0 cm³/mol. The molecule has 4 nitrogen and oxygen atoms in total. The van der Waals surface area contributed by atoms with Gasteiger partial charge in [0.05, 0.1) is 42.3 Å². The van der Waals surface area contributed by atoms with Crippen LogP contribution in [0.15, 0.2) is 27.6 Å². The summed E-state index contributed by atoms with van der Waals surface area (Å²) in [6.07, 6.45) is 0.826. The van der Waals surface area contributed by atoms with Gasteiger partial charge < -0.3 is 5.73 Å². The summed E-state index contributed by atoms with van der Waals surface area (Å²) in [7, 11) is -1.27. The normalized spacial score (nSPS) is 12.6. The Morgan fingerprint density at radius 1 is 1.43 bits per heavy atom. The van der Waals surface area contributed by atoms with Gasteiger partial charge >= 0.3 is 0 Å². The molecule has 0 radical (unpaired) electrons. The number of hydrogen-bond acceptors (Lipinski definition) is 3. The Bertz CT molecular complexity index is 687. The molecular formula is C14H17BrClN3OS. The molecule has 1 unspecified atom stereocenters. The quantitative estimate of drug-likeness (QED) is 0.790. The third-order valence-electron chi connectivity index (χ3n) is 3.16. The molecule has 2 aromatic rings. The summed E-state index contributed by atoms with van der Waals surface area (Å²) in [5, 5.41) is 4.98. The van der Waals surface area contributed by atoms with Gasteiger partial charge in [0, 0.05) is 12.2 Å². The van der Waals surface area contributed by atoms with E-state index in [-0.39, 0.29) is 0 Å². The molecule has 0 aliphatic heterocycles. The second-order valence-corrected chi connectivity index (χ2v) is 7.18. The lowest BCUT2D eigenvalue weighted by molar-refractivity contribution is 0.623. The van der Waals surface area contributed by atoms with E-state index in [0.29, 0.717) is 21.4 Å².